The molecule has 2 N–H and O–H groups in total. The van der Waals surface area contributed by atoms with E-state index in [-0.39, 0.29) is 24.3 Å². The topological polar surface area (TPSA) is 87.7 Å². The van der Waals surface area contributed by atoms with E-state index in [0.29, 0.717) is 45.5 Å². The summed E-state index contributed by atoms with van der Waals surface area (Å²) in [6.07, 6.45) is 1.21. The van der Waals surface area contributed by atoms with Crippen molar-refractivity contribution in [3.63, 3.8) is 0 Å². The maximum Gasteiger partial charge on any atom is 0.248 e. The molecule has 0 unspecified atom stereocenters. The molecule has 0 saturated carbocycles. The van der Waals surface area contributed by atoms with Crippen molar-refractivity contribution >= 4 is 17.7 Å². The zero-order chi connectivity index (χ0) is 14.1. The molecular weight excluding hydrogens is 250 g/mol. The molecule has 1 heterocycles. The van der Waals surface area contributed by atoms with Crippen molar-refractivity contribution in [2.75, 3.05) is 39.9 Å². The molecule has 0 aliphatic carbocycles. The number of carbonyl (C=O) groups is 3. The highest BCUT2D eigenvalue weighted by Crippen LogP contribution is 1.98. The van der Waals surface area contributed by atoms with Crippen molar-refractivity contribution in [1.29, 1.82) is 0 Å². The molecule has 1 fully saturated rings. The number of nitrogens with one attached hydrogen (secondary N) is 2. The molecule has 7 nitrogen and oxygen atoms in total. The van der Waals surface area contributed by atoms with E-state index in [1.165, 1.54) is 0 Å². The van der Waals surface area contributed by atoms with Gasteiger partial charge in [0.15, 0.2) is 0 Å². The molecule has 0 atom stereocenters. The fourth-order valence-electron chi connectivity index (χ4n) is 1.74. The Labute approximate surface area is 112 Å². The van der Waals surface area contributed by atoms with E-state index in [1.54, 1.807) is 11.9 Å². The van der Waals surface area contributed by atoms with Gasteiger partial charge < -0.3 is 20.3 Å². The maximum atomic E-state index is 11.5. The molecule has 1 rings (SSSR count). The van der Waals surface area contributed by atoms with E-state index in [9.17, 15) is 14.4 Å². The molecule has 1 saturated heterocycles. The van der Waals surface area contributed by atoms with E-state index >= 15 is 0 Å². The van der Waals surface area contributed by atoms with Gasteiger partial charge in [-0.1, -0.05) is 0 Å². The van der Waals surface area contributed by atoms with Gasteiger partial charge >= 0.3 is 0 Å². The monoisotopic (exact) mass is 271 g/mol. The number of nitrogens with zero attached hydrogens (tertiary/aromatic N) is 1. The van der Waals surface area contributed by atoms with E-state index < -0.39 is 0 Å². The predicted octanol–water partition coefficient (Wildman–Crippen LogP) is -1.12. The van der Waals surface area contributed by atoms with Gasteiger partial charge in [-0.2, -0.15) is 0 Å². The summed E-state index contributed by atoms with van der Waals surface area (Å²) in [4.78, 5) is 35.5. The lowest BCUT2D eigenvalue weighted by Gasteiger charge is -2.26. The third-order valence-corrected chi connectivity index (χ3v) is 2.87. The number of hydrogen-bond acceptors (Lipinski definition) is 4. The summed E-state index contributed by atoms with van der Waals surface area (Å²) in [5.74, 6) is -0.198. The number of amides is 3. The van der Waals surface area contributed by atoms with Gasteiger partial charge in [-0.15, -0.1) is 0 Å². The molecular formula is C12H21N3O4. The van der Waals surface area contributed by atoms with Crippen molar-refractivity contribution in [2.45, 2.75) is 19.3 Å². The summed E-state index contributed by atoms with van der Waals surface area (Å²) in [7, 11) is 1.57. The normalized spacial score (nSPS) is 15.2. The minimum absolute atomic E-state index is 0.0416. The number of hydrogen-bond donors (Lipinski definition) is 2. The van der Waals surface area contributed by atoms with Crippen molar-refractivity contribution in [2.24, 2.45) is 0 Å². The molecule has 0 aromatic rings. The van der Waals surface area contributed by atoms with Crippen molar-refractivity contribution in [1.82, 2.24) is 15.5 Å². The average molecular weight is 271 g/mol. The maximum absolute atomic E-state index is 11.5. The van der Waals surface area contributed by atoms with Crippen molar-refractivity contribution in [3.05, 3.63) is 0 Å². The standard InChI is InChI=1S/C12H21N3O4/c1-13-10(16)3-2-4-11(17)14-5-6-15-7-8-19-9-12(15)18/h2-9H2,1H3,(H,13,16)(H,14,17). The van der Waals surface area contributed by atoms with Gasteiger partial charge in [0.25, 0.3) is 0 Å². The number of rotatable bonds is 7. The first-order valence-electron chi connectivity index (χ1n) is 6.46. The van der Waals surface area contributed by atoms with E-state index in [0.717, 1.165) is 0 Å². The molecule has 0 spiro atoms. The molecule has 1 aliphatic heterocycles. The van der Waals surface area contributed by atoms with E-state index in [2.05, 4.69) is 10.6 Å². The highest BCUT2D eigenvalue weighted by Gasteiger charge is 2.17. The first-order valence-corrected chi connectivity index (χ1v) is 6.46. The van der Waals surface area contributed by atoms with Gasteiger partial charge in [0.2, 0.25) is 17.7 Å². The highest BCUT2D eigenvalue weighted by molar-refractivity contribution is 5.79. The number of ether oxygens (including phenoxy) is 1. The Morgan fingerprint density at radius 2 is 2.05 bits per heavy atom. The third-order valence-electron chi connectivity index (χ3n) is 2.87. The van der Waals surface area contributed by atoms with Crippen LogP contribution in [0.2, 0.25) is 0 Å². The van der Waals surface area contributed by atoms with Gasteiger partial charge in [-0.25, -0.2) is 0 Å². The van der Waals surface area contributed by atoms with Crippen molar-refractivity contribution < 1.29 is 19.1 Å². The largest absolute Gasteiger partial charge is 0.370 e. The van der Waals surface area contributed by atoms with Crippen LogP contribution >= 0.6 is 0 Å². The third kappa shape index (κ3) is 6.19. The van der Waals surface area contributed by atoms with Crippen LogP contribution in [0.15, 0.2) is 0 Å². The lowest BCUT2D eigenvalue weighted by molar-refractivity contribution is -0.142. The van der Waals surface area contributed by atoms with Gasteiger partial charge in [-0.3, -0.25) is 14.4 Å². The van der Waals surface area contributed by atoms with E-state index in [1.807, 2.05) is 0 Å². The molecule has 0 radical (unpaired) electrons. The molecule has 1 aliphatic rings. The molecule has 108 valence electrons. The van der Waals surface area contributed by atoms with Crippen molar-refractivity contribution in [3.8, 4) is 0 Å². The quantitative estimate of drug-likeness (QED) is 0.614. The number of carbonyl (C=O) groups excluding carboxylic acids is 3. The van der Waals surface area contributed by atoms with Crippen LogP contribution in [0, 0.1) is 0 Å². The predicted molar refractivity (Wildman–Crippen MR) is 68.3 cm³/mol. The Morgan fingerprint density at radius 1 is 1.32 bits per heavy atom. The van der Waals surface area contributed by atoms with Gasteiger partial charge in [-0.05, 0) is 6.42 Å². The summed E-state index contributed by atoms with van der Waals surface area (Å²) >= 11 is 0. The van der Waals surface area contributed by atoms with Crippen LogP contribution in [0.1, 0.15) is 19.3 Å². The Balaban J connectivity index is 2.06. The minimum atomic E-state index is -0.0930. The van der Waals surface area contributed by atoms with E-state index in [4.69, 9.17) is 4.74 Å². The van der Waals surface area contributed by atoms with Crippen LogP contribution in [-0.2, 0) is 19.1 Å². The van der Waals surface area contributed by atoms with Gasteiger partial charge in [0.1, 0.15) is 6.61 Å². The smallest absolute Gasteiger partial charge is 0.248 e. The molecule has 0 aromatic heterocycles. The molecule has 0 bridgehead atoms. The first kappa shape index (κ1) is 15.4. The second kappa shape index (κ2) is 8.47. The summed E-state index contributed by atoms with van der Waals surface area (Å²) in [5, 5.41) is 5.24. The first-order chi connectivity index (χ1) is 9.13. The lowest BCUT2D eigenvalue weighted by Crippen LogP contribution is -2.45. The van der Waals surface area contributed by atoms with Crippen LogP contribution in [0.25, 0.3) is 0 Å². The van der Waals surface area contributed by atoms with Crippen LogP contribution < -0.4 is 10.6 Å². The summed E-state index contributed by atoms with van der Waals surface area (Å²) < 4.78 is 5.01. The highest BCUT2D eigenvalue weighted by atomic mass is 16.5. The second-order valence-electron chi connectivity index (χ2n) is 4.31. The fraction of sp³-hybridized carbons (Fsp3) is 0.750. The zero-order valence-corrected chi connectivity index (χ0v) is 11.2. The number of morpholine rings is 1. The summed E-state index contributed by atoms with van der Waals surface area (Å²) in [6.45, 7) is 2.19. The molecule has 19 heavy (non-hydrogen) atoms. The molecule has 0 aromatic carbocycles. The Kier molecular flexibility index (Phi) is 6.88. The average Bonchev–Trinajstić information content (AvgIpc) is 2.40. The lowest BCUT2D eigenvalue weighted by atomic mass is 10.2. The Hall–Kier alpha value is -1.63. The van der Waals surface area contributed by atoms with Crippen LogP contribution in [0.3, 0.4) is 0 Å². The van der Waals surface area contributed by atoms with Crippen LogP contribution in [0.4, 0.5) is 0 Å². The summed E-state index contributed by atoms with van der Waals surface area (Å²) in [6, 6.07) is 0. The fourth-order valence-corrected chi connectivity index (χ4v) is 1.74. The van der Waals surface area contributed by atoms with Crippen LogP contribution in [-0.4, -0.2) is 62.5 Å². The van der Waals surface area contributed by atoms with Gasteiger partial charge in [0, 0.05) is 39.5 Å². The second-order valence-corrected chi connectivity index (χ2v) is 4.31. The van der Waals surface area contributed by atoms with Crippen LogP contribution in [0.5, 0.6) is 0 Å². The molecule has 7 heteroatoms. The molecule has 3 amide bonds. The zero-order valence-electron chi connectivity index (χ0n) is 11.2. The minimum Gasteiger partial charge on any atom is -0.370 e. The summed E-state index contributed by atoms with van der Waals surface area (Å²) in [5.41, 5.74) is 0. The van der Waals surface area contributed by atoms with Gasteiger partial charge in [0.05, 0.1) is 6.61 Å². The SMILES string of the molecule is CNC(=O)CCCC(=O)NCCN1CCOCC1=O. The Bertz CT molecular complexity index is 333. The Morgan fingerprint density at radius 3 is 2.74 bits per heavy atom.